The molecule has 1 aliphatic rings. The van der Waals surface area contributed by atoms with Gasteiger partial charge in [0, 0.05) is 22.7 Å². The van der Waals surface area contributed by atoms with Crippen LogP contribution in [0.1, 0.15) is 17.0 Å². The first-order chi connectivity index (χ1) is 14.3. The highest BCUT2D eigenvalue weighted by molar-refractivity contribution is 7.91. The zero-order chi connectivity index (χ0) is 21.3. The molecule has 0 bridgehead atoms. The van der Waals surface area contributed by atoms with Gasteiger partial charge >= 0.3 is 0 Å². The maximum atomic E-state index is 12.6. The van der Waals surface area contributed by atoms with Gasteiger partial charge in [0.15, 0.2) is 15.7 Å². The van der Waals surface area contributed by atoms with Crippen molar-refractivity contribution < 1.29 is 13.2 Å². The van der Waals surface area contributed by atoms with Crippen molar-refractivity contribution >= 4 is 33.0 Å². The van der Waals surface area contributed by atoms with Crippen molar-refractivity contribution in [2.75, 3.05) is 11.1 Å². The van der Waals surface area contributed by atoms with E-state index >= 15 is 0 Å². The summed E-state index contributed by atoms with van der Waals surface area (Å²) in [5.41, 5.74) is 8.48. The van der Waals surface area contributed by atoms with E-state index in [-0.39, 0.29) is 23.6 Å². The Morgan fingerprint density at radius 1 is 1.13 bits per heavy atom. The van der Waals surface area contributed by atoms with Crippen LogP contribution < -0.4 is 11.1 Å². The van der Waals surface area contributed by atoms with Crippen LogP contribution in [-0.4, -0.2) is 30.0 Å². The van der Waals surface area contributed by atoms with Crippen LogP contribution in [-0.2, 0) is 34.0 Å². The number of aromatic nitrogens is 2. The van der Waals surface area contributed by atoms with E-state index in [4.69, 9.17) is 17.3 Å². The Labute approximate surface area is 179 Å². The van der Waals surface area contributed by atoms with E-state index in [0.717, 1.165) is 16.8 Å². The van der Waals surface area contributed by atoms with E-state index in [1.165, 1.54) is 0 Å². The highest BCUT2D eigenvalue weighted by atomic mass is 35.5. The number of carbonyl (C=O) groups is 1. The fraction of sp³-hybridized carbons (Fsp3) is 0.190. The molecule has 0 radical (unpaired) electrons. The minimum Gasteiger partial charge on any atom is -0.379 e. The number of hydrogen-bond donors (Lipinski definition) is 2. The van der Waals surface area contributed by atoms with E-state index in [1.54, 1.807) is 30.3 Å². The minimum atomic E-state index is -3.41. The molecule has 0 unspecified atom stereocenters. The minimum absolute atomic E-state index is 0.0326. The van der Waals surface area contributed by atoms with Gasteiger partial charge in [0.25, 0.3) is 0 Å². The molecule has 0 fully saturated rings. The van der Waals surface area contributed by atoms with Crippen molar-refractivity contribution in [3.63, 3.8) is 0 Å². The Hall–Kier alpha value is -2.97. The third kappa shape index (κ3) is 4.29. The molecular weight excluding hydrogens is 424 g/mol. The van der Waals surface area contributed by atoms with Gasteiger partial charge in [-0.15, -0.1) is 0 Å². The van der Waals surface area contributed by atoms with Gasteiger partial charge in [0.05, 0.1) is 30.1 Å². The van der Waals surface area contributed by atoms with Gasteiger partial charge in [0.2, 0.25) is 5.91 Å². The second kappa shape index (κ2) is 8.04. The largest absolute Gasteiger partial charge is 0.379 e. The Kier molecular flexibility index (Phi) is 5.44. The summed E-state index contributed by atoms with van der Waals surface area (Å²) in [5.74, 6) is 0.0816. The van der Waals surface area contributed by atoms with Crippen LogP contribution >= 0.6 is 11.6 Å². The Bertz CT molecular complexity index is 1230. The number of rotatable bonds is 6. The number of carbonyl (C=O) groups excluding carboxylic acids is 1. The summed E-state index contributed by atoms with van der Waals surface area (Å²) in [6, 6.07) is 14.4. The summed E-state index contributed by atoms with van der Waals surface area (Å²) in [7, 11) is -3.41. The number of hydrogen-bond acceptors (Lipinski definition) is 6. The maximum Gasteiger partial charge on any atom is 0.221 e. The quantitative estimate of drug-likeness (QED) is 0.606. The number of nitrogens with one attached hydrogen (secondary N) is 1. The third-order valence-corrected chi connectivity index (χ3v) is 6.87. The van der Waals surface area contributed by atoms with Gasteiger partial charge in [-0.1, -0.05) is 35.9 Å². The van der Waals surface area contributed by atoms with Gasteiger partial charge < -0.3 is 11.1 Å². The number of benzene rings is 2. The number of sulfone groups is 1. The van der Waals surface area contributed by atoms with Crippen LogP contribution in [0.3, 0.4) is 0 Å². The first kappa shape index (κ1) is 20.3. The number of primary amides is 1. The predicted molar refractivity (Wildman–Crippen MR) is 115 cm³/mol. The average molecular weight is 443 g/mol. The molecule has 2 heterocycles. The molecule has 0 atom stereocenters. The van der Waals surface area contributed by atoms with Crippen molar-refractivity contribution in [2.24, 2.45) is 5.73 Å². The molecule has 2 aromatic carbocycles. The molecule has 1 aromatic heterocycles. The van der Waals surface area contributed by atoms with Crippen molar-refractivity contribution in [1.29, 1.82) is 0 Å². The van der Waals surface area contributed by atoms with E-state index < -0.39 is 15.7 Å². The lowest BCUT2D eigenvalue weighted by Gasteiger charge is -2.12. The summed E-state index contributed by atoms with van der Waals surface area (Å²) < 4.78 is 25.1. The number of nitrogens with zero attached hydrogens (tertiary/aromatic N) is 2. The fourth-order valence-electron chi connectivity index (χ4n) is 3.41. The first-order valence-electron chi connectivity index (χ1n) is 9.31. The van der Waals surface area contributed by atoms with E-state index in [2.05, 4.69) is 15.3 Å². The van der Waals surface area contributed by atoms with Gasteiger partial charge in [-0.05, 0) is 29.8 Å². The molecule has 0 aliphatic carbocycles. The van der Waals surface area contributed by atoms with Crippen LogP contribution in [0.5, 0.6) is 0 Å². The first-order valence-corrected chi connectivity index (χ1v) is 11.3. The zero-order valence-electron chi connectivity index (χ0n) is 15.9. The Balaban J connectivity index is 1.65. The number of fused-ring (bicyclic) bond motifs is 1. The lowest BCUT2D eigenvalue weighted by atomic mass is 10.1. The molecule has 154 valence electrons. The molecule has 1 amide bonds. The lowest BCUT2D eigenvalue weighted by molar-refractivity contribution is -0.117. The summed E-state index contributed by atoms with van der Waals surface area (Å²) in [6.45, 7) is 0.215. The van der Waals surface area contributed by atoms with Crippen LogP contribution in [0, 0.1) is 0 Å². The second-order valence-electron chi connectivity index (χ2n) is 7.04. The molecule has 9 heteroatoms. The van der Waals surface area contributed by atoms with E-state index in [9.17, 15) is 13.2 Å². The van der Waals surface area contributed by atoms with Crippen molar-refractivity contribution in [2.45, 2.75) is 24.3 Å². The highest BCUT2D eigenvalue weighted by Crippen LogP contribution is 2.30. The van der Waals surface area contributed by atoms with Gasteiger partial charge in [-0.2, -0.15) is 0 Å². The van der Waals surface area contributed by atoms with Crippen LogP contribution in [0.4, 0.5) is 5.69 Å². The summed E-state index contributed by atoms with van der Waals surface area (Å²) in [5, 5.41) is 3.76. The van der Waals surface area contributed by atoms with Crippen molar-refractivity contribution in [3.8, 4) is 11.4 Å². The maximum absolute atomic E-state index is 12.6. The monoisotopic (exact) mass is 442 g/mol. The Morgan fingerprint density at radius 2 is 1.90 bits per heavy atom. The summed E-state index contributed by atoms with van der Waals surface area (Å²) in [6.07, 6.45) is 0.531. The number of anilines is 1. The number of nitrogens with two attached hydrogens (primary N) is 1. The summed E-state index contributed by atoms with van der Waals surface area (Å²) in [4.78, 5) is 20.3. The highest BCUT2D eigenvalue weighted by Gasteiger charge is 2.32. The van der Waals surface area contributed by atoms with Crippen LogP contribution in [0.2, 0.25) is 5.02 Å². The smallest absolute Gasteiger partial charge is 0.221 e. The third-order valence-electron chi connectivity index (χ3n) is 4.80. The molecule has 3 N–H and O–H groups in total. The van der Waals surface area contributed by atoms with Gasteiger partial charge in [-0.25, -0.2) is 18.4 Å². The molecular formula is C21H19ClN4O3S. The standard InChI is InChI=1S/C21H19ClN4O3S/c22-15-3-1-2-14(11-15)21-25-17-8-9-30(28,29)20(17)18(26-21)12-24-16-6-4-13(5-7-16)10-19(23)27/h1-7,11,24H,8-10,12H2,(H2,23,27). The van der Waals surface area contributed by atoms with Gasteiger partial charge in [0.1, 0.15) is 4.90 Å². The van der Waals surface area contributed by atoms with E-state index in [1.807, 2.05) is 18.2 Å². The molecule has 0 saturated carbocycles. The van der Waals surface area contributed by atoms with Gasteiger partial charge in [-0.3, -0.25) is 4.79 Å². The lowest BCUT2D eigenvalue weighted by Crippen LogP contribution is -2.13. The van der Waals surface area contributed by atoms with Crippen molar-refractivity contribution in [1.82, 2.24) is 9.97 Å². The normalized spacial score (nSPS) is 14.3. The zero-order valence-corrected chi connectivity index (χ0v) is 17.5. The topological polar surface area (TPSA) is 115 Å². The molecule has 3 aromatic rings. The van der Waals surface area contributed by atoms with E-state index in [0.29, 0.717) is 28.7 Å². The molecule has 0 saturated heterocycles. The van der Waals surface area contributed by atoms with Crippen LogP contribution in [0.25, 0.3) is 11.4 Å². The molecule has 30 heavy (non-hydrogen) atoms. The fourth-order valence-corrected chi connectivity index (χ4v) is 5.25. The molecule has 0 spiro atoms. The number of halogens is 1. The SMILES string of the molecule is NC(=O)Cc1ccc(NCc2nc(-c3cccc(Cl)c3)nc3c2S(=O)(=O)CC3)cc1. The number of aryl methyl sites for hydroxylation is 1. The summed E-state index contributed by atoms with van der Waals surface area (Å²) >= 11 is 6.09. The average Bonchev–Trinajstić information content (AvgIpc) is 3.02. The number of amides is 1. The van der Waals surface area contributed by atoms with Crippen LogP contribution in [0.15, 0.2) is 53.4 Å². The molecule has 1 aliphatic heterocycles. The molecule has 7 nitrogen and oxygen atoms in total. The second-order valence-corrected chi connectivity index (χ2v) is 9.52. The predicted octanol–water partition coefficient (Wildman–Crippen LogP) is 2.77. The molecule has 4 rings (SSSR count). The Morgan fingerprint density at radius 3 is 2.60 bits per heavy atom. The van der Waals surface area contributed by atoms with Crippen molar-refractivity contribution in [3.05, 3.63) is 70.5 Å².